The zero-order valence-electron chi connectivity index (χ0n) is 10.9. The molecule has 1 saturated heterocycles. The van der Waals surface area contributed by atoms with Crippen molar-refractivity contribution in [2.24, 2.45) is 11.8 Å². The molecule has 3 nitrogen and oxygen atoms in total. The van der Waals surface area contributed by atoms with Crippen LogP contribution >= 0.6 is 0 Å². The van der Waals surface area contributed by atoms with Crippen molar-refractivity contribution in [2.75, 3.05) is 0 Å². The number of furan rings is 1. The molecule has 0 spiro atoms. The third-order valence-corrected chi connectivity index (χ3v) is 3.80. The van der Waals surface area contributed by atoms with Gasteiger partial charge in [-0.2, -0.15) is 0 Å². The van der Waals surface area contributed by atoms with Crippen LogP contribution in [0.1, 0.15) is 44.0 Å². The Kier molecular flexibility index (Phi) is 3.38. The predicted molar refractivity (Wildman–Crippen MR) is 65.1 cm³/mol. The second-order valence-corrected chi connectivity index (χ2v) is 4.91. The van der Waals surface area contributed by atoms with E-state index < -0.39 is 0 Å². The Morgan fingerprint density at radius 2 is 1.94 bits per heavy atom. The van der Waals surface area contributed by atoms with E-state index in [9.17, 15) is 4.79 Å². The fourth-order valence-electron chi connectivity index (χ4n) is 2.58. The molecule has 94 valence electrons. The Morgan fingerprint density at radius 3 is 2.41 bits per heavy atom. The molecule has 4 unspecified atom stereocenters. The molecule has 0 aromatic carbocycles. The first-order valence-electron chi connectivity index (χ1n) is 6.33. The Balaban J connectivity index is 2.19. The number of rotatable bonds is 3. The van der Waals surface area contributed by atoms with Gasteiger partial charge in [0.25, 0.3) is 0 Å². The molecule has 1 aliphatic heterocycles. The molecule has 1 aromatic rings. The fourth-order valence-corrected chi connectivity index (χ4v) is 2.58. The monoisotopic (exact) mass is 236 g/mol. The minimum atomic E-state index is -0.0825. The van der Waals surface area contributed by atoms with Gasteiger partial charge in [-0.05, 0) is 31.9 Å². The van der Waals surface area contributed by atoms with E-state index in [1.54, 1.807) is 6.07 Å². The third-order valence-electron chi connectivity index (χ3n) is 3.80. The average Bonchev–Trinajstić information content (AvgIpc) is 2.85. The van der Waals surface area contributed by atoms with E-state index in [4.69, 9.17) is 9.15 Å². The van der Waals surface area contributed by atoms with E-state index in [1.807, 2.05) is 26.8 Å². The summed E-state index contributed by atoms with van der Waals surface area (Å²) in [5, 5.41) is 0. The molecule has 2 heterocycles. The fraction of sp³-hybridized carbons (Fsp3) is 0.643. The van der Waals surface area contributed by atoms with Gasteiger partial charge in [-0.3, -0.25) is 4.79 Å². The standard InChI is InChI=1S/C14H20O3/c1-5-11-6-7-12(17-11)14(15)13-8(2)9(3)16-10(13)4/h6-10,13H,5H2,1-4H3. The van der Waals surface area contributed by atoms with Gasteiger partial charge in [0.15, 0.2) is 5.76 Å². The summed E-state index contributed by atoms with van der Waals surface area (Å²) in [5.74, 6) is 1.58. The van der Waals surface area contributed by atoms with Gasteiger partial charge in [0, 0.05) is 6.42 Å². The summed E-state index contributed by atoms with van der Waals surface area (Å²) in [5.41, 5.74) is 0. The molecule has 0 bridgehead atoms. The molecule has 0 N–H and O–H groups in total. The van der Waals surface area contributed by atoms with Gasteiger partial charge in [0.2, 0.25) is 5.78 Å². The van der Waals surface area contributed by atoms with Crippen LogP contribution in [0.4, 0.5) is 0 Å². The Bertz CT molecular complexity index is 407. The van der Waals surface area contributed by atoms with Gasteiger partial charge in [-0.1, -0.05) is 13.8 Å². The normalized spacial score (nSPS) is 32.9. The van der Waals surface area contributed by atoms with Crippen molar-refractivity contribution < 1.29 is 13.9 Å². The van der Waals surface area contributed by atoms with Crippen molar-refractivity contribution in [1.82, 2.24) is 0 Å². The maximum Gasteiger partial charge on any atom is 0.204 e. The lowest BCUT2D eigenvalue weighted by Gasteiger charge is -2.15. The van der Waals surface area contributed by atoms with Gasteiger partial charge in [0.1, 0.15) is 5.76 Å². The lowest BCUT2D eigenvalue weighted by atomic mass is 9.85. The summed E-state index contributed by atoms with van der Waals surface area (Å²) in [6.45, 7) is 8.07. The molecule has 1 aromatic heterocycles. The molecular formula is C14H20O3. The molecule has 17 heavy (non-hydrogen) atoms. The van der Waals surface area contributed by atoms with Gasteiger partial charge in [-0.15, -0.1) is 0 Å². The lowest BCUT2D eigenvalue weighted by Crippen LogP contribution is -2.26. The van der Waals surface area contributed by atoms with Crippen molar-refractivity contribution >= 4 is 5.78 Å². The summed E-state index contributed by atoms with van der Waals surface area (Å²) < 4.78 is 11.2. The van der Waals surface area contributed by atoms with Gasteiger partial charge in [0.05, 0.1) is 18.1 Å². The summed E-state index contributed by atoms with van der Waals surface area (Å²) >= 11 is 0. The largest absolute Gasteiger partial charge is 0.458 e. The van der Waals surface area contributed by atoms with E-state index >= 15 is 0 Å². The summed E-state index contributed by atoms with van der Waals surface area (Å²) in [7, 11) is 0. The highest BCUT2D eigenvalue weighted by Gasteiger charge is 2.42. The molecule has 4 atom stereocenters. The quantitative estimate of drug-likeness (QED) is 0.757. The SMILES string of the molecule is CCc1ccc(C(=O)C2C(C)OC(C)C2C)o1. The Hall–Kier alpha value is -1.09. The highest BCUT2D eigenvalue weighted by molar-refractivity contribution is 5.96. The highest BCUT2D eigenvalue weighted by atomic mass is 16.5. The minimum Gasteiger partial charge on any atom is -0.458 e. The zero-order valence-corrected chi connectivity index (χ0v) is 10.9. The van der Waals surface area contributed by atoms with E-state index in [2.05, 4.69) is 6.92 Å². The first-order valence-corrected chi connectivity index (χ1v) is 6.33. The van der Waals surface area contributed by atoms with Crippen molar-refractivity contribution in [1.29, 1.82) is 0 Å². The van der Waals surface area contributed by atoms with Crippen molar-refractivity contribution in [2.45, 2.75) is 46.3 Å². The maximum atomic E-state index is 12.4. The Labute approximate surface area is 102 Å². The van der Waals surface area contributed by atoms with Crippen LogP contribution in [0.15, 0.2) is 16.5 Å². The summed E-state index contributed by atoms with van der Waals surface area (Å²) in [6, 6.07) is 3.66. The molecule has 0 amide bonds. The van der Waals surface area contributed by atoms with Gasteiger partial charge >= 0.3 is 0 Å². The number of carbonyl (C=O) groups excluding carboxylic acids is 1. The van der Waals surface area contributed by atoms with E-state index in [0.717, 1.165) is 12.2 Å². The summed E-state index contributed by atoms with van der Waals surface area (Å²) in [6.07, 6.45) is 0.929. The zero-order chi connectivity index (χ0) is 12.6. The van der Waals surface area contributed by atoms with Crippen LogP contribution in [-0.2, 0) is 11.2 Å². The minimum absolute atomic E-state index is 0.0253. The first-order chi connectivity index (χ1) is 8.04. The molecule has 0 radical (unpaired) electrons. The predicted octanol–water partition coefficient (Wildman–Crippen LogP) is 3.08. The van der Waals surface area contributed by atoms with Crippen LogP contribution in [0.25, 0.3) is 0 Å². The number of hydrogen-bond donors (Lipinski definition) is 0. The molecule has 2 rings (SSSR count). The second kappa shape index (κ2) is 4.65. The Morgan fingerprint density at radius 1 is 1.24 bits per heavy atom. The third kappa shape index (κ3) is 2.16. The van der Waals surface area contributed by atoms with Crippen LogP contribution in [0.5, 0.6) is 0 Å². The molecule has 0 saturated carbocycles. The molecule has 3 heteroatoms. The van der Waals surface area contributed by atoms with Gasteiger partial charge in [-0.25, -0.2) is 0 Å². The maximum absolute atomic E-state index is 12.4. The van der Waals surface area contributed by atoms with Crippen molar-refractivity contribution in [3.8, 4) is 0 Å². The number of Topliss-reactive ketones (excluding diaryl/α,β-unsaturated/α-hetero) is 1. The topological polar surface area (TPSA) is 39.4 Å². The van der Waals surface area contributed by atoms with E-state index in [-0.39, 0.29) is 29.8 Å². The molecular weight excluding hydrogens is 216 g/mol. The van der Waals surface area contributed by atoms with E-state index in [1.165, 1.54) is 0 Å². The molecule has 1 fully saturated rings. The number of aryl methyl sites for hydroxylation is 1. The lowest BCUT2D eigenvalue weighted by molar-refractivity contribution is 0.0484. The highest BCUT2D eigenvalue weighted by Crippen LogP contribution is 2.34. The second-order valence-electron chi connectivity index (χ2n) is 4.91. The van der Waals surface area contributed by atoms with Crippen molar-refractivity contribution in [3.05, 3.63) is 23.7 Å². The van der Waals surface area contributed by atoms with Crippen molar-refractivity contribution in [3.63, 3.8) is 0 Å². The van der Waals surface area contributed by atoms with Crippen LogP contribution < -0.4 is 0 Å². The van der Waals surface area contributed by atoms with Crippen LogP contribution in [0.2, 0.25) is 0 Å². The molecule has 1 aliphatic rings. The van der Waals surface area contributed by atoms with Crippen LogP contribution in [0, 0.1) is 11.8 Å². The van der Waals surface area contributed by atoms with Crippen LogP contribution in [-0.4, -0.2) is 18.0 Å². The number of carbonyl (C=O) groups is 1. The number of hydrogen-bond acceptors (Lipinski definition) is 3. The number of ketones is 1. The van der Waals surface area contributed by atoms with Gasteiger partial charge < -0.3 is 9.15 Å². The first kappa shape index (κ1) is 12.4. The number of ether oxygens (including phenoxy) is 1. The molecule has 0 aliphatic carbocycles. The summed E-state index contributed by atoms with van der Waals surface area (Å²) in [4.78, 5) is 12.4. The van der Waals surface area contributed by atoms with E-state index in [0.29, 0.717) is 5.76 Å². The van der Waals surface area contributed by atoms with Crippen LogP contribution in [0.3, 0.4) is 0 Å². The average molecular weight is 236 g/mol. The smallest absolute Gasteiger partial charge is 0.204 e.